The summed E-state index contributed by atoms with van der Waals surface area (Å²) in [5.41, 5.74) is 2.24. The molecule has 2 N–H and O–H groups in total. The molecule has 1 saturated heterocycles. The lowest BCUT2D eigenvalue weighted by Gasteiger charge is -2.33. The van der Waals surface area contributed by atoms with Crippen LogP contribution >= 0.6 is 0 Å². The van der Waals surface area contributed by atoms with E-state index in [0.29, 0.717) is 17.9 Å². The number of likely N-dealkylation sites (tertiary alicyclic amines) is 1. The summed E-state index contributed by atoms with van der Waals surface area (Å²) < 4.78 is 5.00. The van der Waals surface area contributed by atoms with Gasteiger partial charge in [-0.1, -0.05) is 0 Å². The number of methoxy groups -OCH3 is 1. The highest BCUT2D eigenvalue weighted by Gasteiger charge is 2.24. The average molecular weight is 347 g/mol. The van der Waals surface area contributed by atoms with Crippen molar-refractivity contribution in [2.75, 3.05) is 25.6 Å². The van der Waals surface area contributed by atoms with Crippen molar-refractivity contribution in [3.8, 4) is 0 Å². The number of ether oxygens (including phenoxy) is 1. The summed E-state index contributed by atoms with van der Waals surface area (Å²) in [5.74, 6) is 0.0695. The van der Waals surface area contributed by atoms with Gasteiger partial charge in [-0.3, -0.25) is 4.79 Å². The van der Waals surface area contributed by atoms with Crippen molar-refractivity contribution in [1.82, 2.24) is 10.2 Å². The third kappa shape index (κ3) is 5.19. The number of hydrogen-bond acceptors (Lipinski definition) is 3. The van der Waals surface area contributed by atoms with Gasteiger partial charge in [0.2, 0.25) is 0 Å². The molecular weight excluding hydrogens is 318 g/mol. The number of amides is 3. The minimum absolute atomic E-state index is 0.0695. The van der Waals surface area contributed by atoms with Gasteiger partial charge >= 0.3 is 6.03 Å². The number of piperidine rings is 1. The molecule has 0 radical (unpaired) electrons. The lowest BCUT2D eigenvalue weighted by Crippen LogP contribution is -2.42. The van der Waals surface area contributed by atoms with Crippen LogP contribution in [0.25, 0.3) is 0 Å². The van der Waals surface area contributed by atoms with Crippen LogP contribution in [0.1, 0.15) is 49.0 Å². The van der Waals surface area contributed by atoms with Crippen LogP contribution in [0.2, 0.25) is 0 Å². The van der Waals surface area contributed by atoms with Crippen molar-refractivity contribution >= 4 is 17.6 Å². The number of benzene rings is 1. The molecule has 0 spiro atoms. The van der Waals surface area contributed by atoms with E-state index in [1.165, 1.54) is 6.42 Å². The van der Waals surface area contributed by atoms with Gasteiger partial charge in [0.15, 0.2) is 0 Å². The van der Waals surface area contributed by atoms with Gasteiger partial charge < -0.3 is 20.3 Å². The largest absolute Gasteiger partial charge is 0.383 e. The van der Waals surface area contributed by atoms with E-state index in [1.807, 2.05) is 24.8 Å². The molecule has 3 amide bonds. The predicted octanol–water partition coefficient (Wildman–Crippen LogP) is 3.17. The first kappa shape index (κ1) is 19.2. The summed E-state index contributed by atoms with van der Waals surface area (Å²) in [6.45, 7) is 7.14. The van der Waals surface area contributed by atoms with Gasteiger partial charge in [0.25, 0.3) is 5.91 Å². The van der Waals surface area contributed by atoms with E-state index in [0.717, 1.165) is 24.9 Å². The van der Waals surface area contributed by atoms with E-state index in [2.05, 4.69) is 17.6 Å². The average Bonchev–Trinajstić information content (AvgIpc) is 2.56. The third-order valence-electron chi connectivity index (χ3n) is 4.58. The van der Waals surface area contributed by atoms with Crippen molar-refractivity contribution in [2.45, 2.75) is 52.1 Å². The van der Waals surface area contributed by atoms with Crippen molar-refractivity contribution < 1.29 is 14.3 Å². The van der Waals surface area contributed by atoms with E-state index in [-0.39, 0.29) is 24.0 Å². The third-order valence-corrected chi connectivity index (χ3v) is 4.58. The summed E-state index contributed by atoms with van der Waals surface area (Å²) in [6, 6.07) is 5.34. The number of anilines is 1. The van der Waals surface area contributed by atoms with Crippen LogP contribution in [0.5, 0.6) is 0 Å². The van der Waals surface area contributed by atoms with Crippen molar-refractivity contribution in [3.63, 3.8) is 0 Å². The number of hydrogen-bond donors (Lipinski definition) is 2. The Kier molecular flexibility index (Phi) is 6.82. The molecule has 6 heteroatoms. The fourth-order valence-electron chi connectivity index (χ4n) is 3.18. The maximum atomic E-state index is 12.7. The molecule has 138 valence electrons. The quantitative estimate of drug-likeness (QED) is 0.859. The van der Waals surface area contributed by atoms with E-state index < -0.39 is 0 Å². The van der Waals surface area contributed by atoms with Crippen LogP contribution in [-0.4, -0.2) is 49.2 Å². The lowest BCUT2D eigenvalue weighted by molar-refractivity contribution is 0.0635. The molecular formula is C19H29N3O3. The van der Waals surface area contributed by atoms with Crippen molar-refractivity contribution in [2.24, 2.45) is 0 Å². The summed E-state index contributed by atoms with van der Waals surface area (Å²) in [4.78, 5) is 26.7. The van der Waals surface area contributed by atoms with Gasteiger partial charge in [0.05, 0.1) is 12.6 Å². The van der Waals surface area contributed by atoms with Crippen LogP contribution in [-0.2, 0) is 4.74 Å². The Morgan fingerprint density at radius 1 is 1.36 bits per heavy atom. The molecule has 1 aromatic carbocycles. The molecule has 0 saturated carbocycles. The number of nitrogens with zero attached hydrogens (tertiary/aromatic N) is 1. The first-order valence-electron chi connectivity index (χ1n) is 8.90. The van der Waals surface area contributed by atoms with Crippen LogP contribution in [0.4, 0.5) is 10.5 Å². The molecule has 0 aromatic heterocycles. The van der Waals surface area contributed by atoms with Gasteiger partial charge in [0, 0.05) is 30.9 Å². The maximum Gasteiger partial charge on any atom is 0.319 e. The van der Waals surface area contributed by atoms with E-state index in [4.69, 9.17) is 4.74 Å². The highest BCUT2D eigenvalue weighted by molar-refractivity contribution is 5.96. The maximum absolute atomic E-state index is 12.7. The van der Waals surface area contributed by atoms with Gasteiger partial charge in [-0.2, -0.15) is 0 Å². The first-order chi connectivity index (χ1) is 11.9. The van der Waals surface area contributed by atoms with Crippen LogP contribution in [0.15, 0.2) is 18.2 Å². The molecule has 1 aliphatic rings. The molecule has 2 rings (SSSR count). The Balaban J connectivity index is 2.02. The normalized spacial score (nSPS) is 18.6. The Hall–Kier alpha value is -2.08. The van der Waals surface area contributed by atoms with E-state index >= 15 is 0 Å². The van der Waals surface area contributed by atoms with Gasteiger partial charge in [-0.25, -0.2) is 4.79 Å². The second-order valence-corrected chi connectivity index (χ2v) is 6.83. The number of rotatable bonds is 5. The smallest absolute Gasteiger partial charge is 0.319 e. The van der Waals surface area contributed by atoms with Gasteiger partial charge in [-0.15, -0.1) is 0 Å². The molecule has 2 atom stereocenters. The number of aryl methyl sites for hydroxylation is 1. The van der Waals surface area contributed by atoms with Crippen molar-refractivity contribution in [1.29, 1.82) is 0 Å². The molecule has 0 unspecified atom stereocenters. The standard InChI is InChI=1S/C19H29N3O3/c1-13-11-16(18(23)22-10-6-5-7-15(22)3)8-9-17(13)21-19(24)20-14(2)12-25-4/h8-9,11,14-15H,5-7,10,12H2,1-4H3,(H2,20,21,24)/t14-,15-/m1/s1. The lowest BCUT2D eigenvalue weighted by atomic mass is 10.0. The highest BCUT2D eigenvalue weighted by Crippen LogP contribution is 2.22. The van der Waals surface area contributed by atoms with Gasteiger partial charge in [-0.05, 0) is 63.8 Å². The van der Waals surface area contributed by atoms with Crippen LogP contribution in [0.3, 0.4) is 0 Å². The zero-order chi connectivity index (χ0) is 18.4. The molecule has 6 nitrogen and oxygen atoms in total. The Labute approximate surface area is 149 Å². The Morgan fingerprint density at radius 2 is 2.12 bits per heavy atom. The summed E-state index contributed by atoms with van der Waals surface area (Å²) >= 11 is 0. The van der Waals surface area contributed by atoms with Crippen LogP contribution in [0, 0.1) is 6.92 Å². The van der Waals surface area contributed by atoms with Crippen LogP contribution < -0.4 is 10.6 Å². The molecule has 1 heterocycles. The zero-order valence-electron chi connectivity index (χ0n) is 15.6. The zero-order valence-corrected chi connectivity index (χ0v) is 15.6. The summed E-state index contributed by atoms with van der Waals surface area (Å²) in [6.07, 6.45) is 3.31. The Morgan fingerprint density at radius 3 is 2.76 bits per heavy atom. The number of carbonyl (C=O) groups excluding carboxylic acids is 2. The fourth-order valence-corrected chi connectivity index (χ4v) is 3.18. The van der Waals surface area contributed by atoms with Gasteiger partial charge in [0.1, 0.15) is 0 Å². The first-order valence-corrected chi connectivity index (χ1v) is 8.90. The number of urea groups is 1. The topological polar surface area (TPSA) is 70.7 Å². The number of carbonyl (C=O) groups is 2. The molecule has 25 heavy (non-hydrogen) atoms. The highest BCUT2D eigenvalue weighted by atomic mass is 16.5. The predicted molar refractivity (Wildman–Crippen MR) is 99.0 cm³/mol. The summed E-state index contributed by atoms with van der Waals surface area (Å²) in [5, 5.41) is 5.62. The monoisotopic (exact) mass is 347 g/mol. The summed E-state index contributed by atoms with van der Waals surface area (Å²) in [7, 11) is 1.60. The Bertz CT molecular complexity index is 618. The van der Waals surface area contributed by atoms with Crippen molar-refractivity contribution in [3.05, 3.63) is 29.3 Å². The molecule has 1 fully saturated rings. The van der Waals surface area contributed by atoms with E-state index in [1.54, 1.807) is 19.2 Å². The molecule has 0 bridgehead atoms. The molecule has 0 aliphatic carbocycles. The molecule has 1 aromatic rings. The SMILES string of the molecule is COC[C@@H](C)NC(=O)Nc1ccc(C(=O)N2CCCC[C@H]2C)cc1C. The minimum Gasteiger partial charge on any atom is -0.383 e. The second kappa shape index (κ2) is 8.85. The van der Waals surface area contributed by atoms with E-state index in [9.17, 15) is 9.59 Å². The molecule has 1 aliphatic heterocycles. The minimum atomic E-state index is -0.281. The second-order valence-electron chi connectivity index (χ2n) is 6.83. The number of nitrogens with one attached hydrogen (secondary N) is 2. The fraction of sp³-hybridized carbons (Fsp3) is 0.579.